The third-order valence-electron chi connectivity index (χ3n) is 3.08. The van der Waals surface area contributed by atoms with Crippen LogP contribution in [0.2, 0.25) is 0 Å². The molecule has 0 unspecified atom stereocenters. The summed E-state index contributed by atoms with van der Waals surface area (Å²) in [5.74, 6) is 0.562. The Morgan fingerprint density at radius 2 is 1.94 bits per heavy atom. The van der Waals surface area contributed by atoms with E-state index in [1.165, 1.54) is 5.56 Å². The molecular formula is C15H22NO. The van der Waals surface area contributed by atoms with Gasteiger partial charge in [0.1, 0.15) is 0 Å². The fourth-order valence-corrected chi connectivity index (χ4v) is 1.50. The molecule has 1 rings (SSSR count). The summed E-state index contributed by atoms with van der Waals surface area (Å²) in [4.78, 5) is 11.7. The third kappa shape index (κ3) is 4.59. The second kappa shape index (κ2) is 6.43. The van der Waals surface area contributed by atoms with Gasteiger partial charge in [-0.25, -0.2) is 0 Å². The number of nitrogens with one attached hydrogen (secondary N) is 1. The number of carbonyl (C=O) groups is 1. The smallest absolute Gasteiger partial charge is 0.220 e. The van der Waals surface area contributed by atoms with Crippen LogP contribution in [0.4, 0.5) is 0 Å². The second-order valence-electron chi connectivity index (χ2n) is 4.87. The largest absolute Gasteiger partial charge is 0.353 e. The van der Waals surface area contributed by atoms with Crippen molar-refractivity contribution in [1.29, 1.82) is 0 Å². The molecule has 1 radical (unpaired) electrons. The van der Waals surface area contributed by atoms with Crippen molar-refractivity contribution < 1.29 is 4.79 Å². The number of benzene rings is 1. The molecule has 0 aliphatic heterocycles. The maximum atomic E-state index is 11.7. The van der Waals surface area contributed by atoms with Crippen LogP contribution in [0.5, 0.6) is 0 Å². The zero-order valence-electron chi connectivity index (χ0n) is 11.2. The van der Waals surface area contributed by atoms with E-state index >= 15 is 0 Å². The highest BCUT2D eigenvalue weighted by molar-refractivity contribution is 5.78. The first-order chi connectivity index (χ1) is 8.00. The van der Waals surface area contributed by atoms with Gasteiger partial charge in [-0.05, 0) is 30.9 Å². The van der Waals surface area contributed by atoms with Crippen LogP contribution in [0.3, 0.4) is 0 Å². The molecule has 1 aromatic rings. The van der Waals surface area contributed by atoms with Crippen molar-refractivity contribution in [3.63, 3.8) is 0 Å². The summed E-state index contributed by atoms with van der Waals surface area (Å²) in [6.07, 6.45) is 2.43. The second-order valence-corrected chi connectivity index (χ2v) is 4.87. The lowest BCUT2D eigenvalue weighted by molar-refractivity contribution is -0.121. The zero-order valence-corrected chi connectivity index (χ0v) is 11.2. The van der Waals surface area contributed by atoms with E-state index in [1.807, 2.05) is 31.5 Å². The molecule has 0 spiro atoms. The average Bonchev–Trinajstić information content (AvgIpc) is 2.27. The summed E-state index contributed by atoms with van der Waals surface area (Å²) in [5, 5.41) is 3.00. The Bertz CT molecular complexity index is 371. The van der Waals surface area contributed by atoms with Gasteiger partial charge < -0.3 is 5.32 Å². The monoisotopic (exact) mass is 232 g/mol. The maximum Gasteiger partial charge on any atom is 0.220 e. The van der Waals surface area contributed by atoms with Crippen LogP contribution in [0.15, 0.2) is 24.3 Å². The minimum atomic E-state index is 0.0921. The summed E-state index contributed by atoms with van der Waals surface area (Å²) < 4.78 is 0. The van der Waals surface area contributed by atoms with Crippen molar-refractivity contribution in [1.82, 2.24) is 5.32 Å². The first kappa shape index (κ1) is 13.8. The lowest BCUT2D eigenvalue weighted by Gasteiger charge is -2.17. The number of rotatable bonds is 5. The fraction of sp³-hybridized carbons (Fsp3) is 0.467. The molecular weight excluding hydrogens is 210 g/mol. The highest BCUT2D eigenvalue weighted by Gasteiger charge is 2.10. The van der Waals surface area contributed by atoms with Crippen LogP contribution < -0.4 is 5.32 Å². The molecule has 0 saturated heterocycles. The number of carbonyl (C=O) groups excluding carboxylic acids is 1. The van der Waals surface area contributed by atoms with E-state index in [-0.39, 0.29) is 11.9 Å². The zero-order chi connectivity index (χ0) is 12.8. The molecule has 1 N–H and O–H groups in total. The van der Waals surface area contributed by atoms with Gasteiger partial charge in [0.25, 0.3) is 0 Å². The fourth-order valence-electron chi connectivity index (χ4n) is 1.50. The molecule has 1 amide bonds. The lowest BCUT2D eigenvalue weighted by atomic mass is 10.0. The number of amides is 1. The van der Waals surface area contributed by atoms with Gasteiger partial charge in [0, 0.05) is 18.9 Å². The predicted molar refractivity (Wildman–Crippen MR) is 71.6 cm³/mol. The summed E-state index contributed by atoms with van der Waals surface area (Å²) in [7, 11) is 0. The molecule has 0 heterocycles. The van der Waals surface area contributed by atoms with Gasteiger partial charge in [-0.3, -0.25) is 4.79 Å². The number of aryl methyl sites for hydroxylation is 1. The summed E-state index contributed by atoms with van der Waals surface area (Å²) in [6.45, 7) is 8.31. The van der Waals surface area contributed by atoms with Gasteiger partial charge >= 0.3 is 0 Å². The van der Waals surface area contributed by atoms with Crippen molar-refractivity contribution in [2.24, 2.45) is 5.92 Å². The Labute approximate surface area is 104 Å². The quantitative estimate of drug-likeness (QED) is 0.830. The molecule has 2 nitrogen and oxygen atoms in total. The molecule has 0 bridgehead atoms. The Hall–Kier alpha value is -1.31. The van der Waals surface area contributed by atoms with E-state index in [0.717, 1.165) is 5.56 Å². The molecule has 0 aliphatic carbocycles. The molecule has 1 atom stereocenters. The van der Waals surface area contributed by atoms with Crippen LogP contribution in [0.1, 0.15) is 38.3 Å². The maximum absolute atomic E-state index is 11.7. The van der Waals surface area contributed by atoms with E-state index in [2.05, 4.69) is 32.2 Å². The van der Waals surface area contributed by atoms with Crippen molar-refractivity contribution in [3.05, 3.63) is 41.8 Å². The number of hydrogen-bond donors (Lipinski definition) is 1. The van der Waals surface area contributed by atoms with Gasteiger partial charge in [-0.15, -0.1) is 0 Å². The summed E-state index contributed by atoms with van der Waals surface area (Å²) in [5.41, 5.74) is 2.34. The Balaban J connectivity index is 2.41. The van der Waals surface area contributed by atoms with Crippen LogP contribution in [0.25, 0.3) is 0 Å². The van der Waals surface area contributed by atoms with Crippen LogP contribution in [-0.4, -0.2) is 11.9 Å². The topological polar surface area (TPSA) is 29.1 Å². The molecule has 0 saturated carbocycles. The minimum absolute atomic E-state index is 0.0921. The van der Waals surface area contributed by atoms with Crippen molar-refractivity contribution >= 4 is 5.91 Å². The highest BCUT2D eigenvalue weighted by atomic mass is 16.1. The van der Waals surface area contributed by atoms with E-state index in [4.69, 9.17) is 0 Å². The Morgan fingerprint density at radius 1 is 1.29 bits per heavy atom. The van der Waals surface area contributed by atoms with Gasteiger partial charge in [-0.1, -0.05) is 38.1 Å². The summed E-state index contributed by atoms with van der Waals surface area (Å²) >= 11 is 0. The van der Waals surface area contributed by atoms with Crippen molar-refractivity contribution in [2.45, 2.75) is 40.2 Å². The molecule has 0 aromatic heterocycles. The van der Waals surface area contributed by atoms with Crippen LogP contribution >= 0.6 is 0 Å². The first-order valence-electron chi connectivity index (χ1n) is 6.19. The molecule has 0 aliphatic rings. The van der Waals surface area contributed by atoms with Crippen LogP contribution in [0, 0.1) is 19.3 Å². The summed E-state index contributed by atoms with van der Waals surface area (Å²) in [6, 6.07) is 8.32. The first-order valence-corrected chi connectivity index (χ1v) is 6.19. The van der Waals surface area contributed by atoms with Crippen molar-refractivity contribution in [2.75, 3.05) is 0 Å². The van der Waals surface area contributed by atoms with Gasteiger partial charge in [0.05, 0.1) is 0 Å². The molecule has 17 heavy (non-hydrogen) atoms. The third-order valence-corrected chi connectivity index (χ3v) is 3.08. The molecule has 2 heteroatoms. The van der Waals surface area contributed by atoms with E-state index < -0.39 is 0 Å². The van der Waals surface area contributed by atoms with Gasteiger partial charge in [-0.2, -0.15) is 0 Å². The molecule has 1 aromatic carbocycles. The van der Waals surface area contributed by atoms with Crippen LogP contribution in [-0.2, 0) is 4.79 Å². The lowest BCUT2D eigenvalue weighted by Crippen LogP contribution is -2.36. The van der Waals surface area contributed by atoms with Gasteiger partial charge in [0.15, 0.2) is 0 Å². The number of hydrogen-bond acceptors (Lipinski definition) is 1. The normalized spacial score (nSPS) is 12.5. The van der Waals surface area contributed by atoms with E-state index in [1.54, 1.807) is 0 Å². The average molecular weight is 232 g/mol. The Morgan fingerprint density at radius 3 is 2.53 bits per heavy atom. The minimum Gasteiger partial charge on any atom is -0.353 e. The predicted octanol–water partition coefficient (Wildman–Crippen LogP) is 3.10. The van der Waals surface area contributed by atoms with Gasteiger partial charge in [0.2, 0.25) is 5.91 Å². The van der Waals surface area contributed by atoms with E-state index in [0.29, 0.717) is 12.3 Å². The van der Waals surface area contributed by atoms with Crippen molar-refractivity contribution in [3.8, 4) is 0 Å². The van der Waals surface area contributed by atoms with E-state index in [9.17, 15) is 4.79 Å². The SMILES string of the molecule is Cc1ccccc1[CH]CC(=O)N[C@H](C)C(C)C. The highest BCUT2D eigenvalue weighted by Crippen LogP contribution is 2.11. The Kier molecular flexibility index (Phi) is 5.20. The standard InChI is InChI=1S/C15H22NO/c1-11(2)13(4)16-15(17)10-9-14-8-6-5-7-12(14)3/h5-9,11,13H,10H2,1-4H3,(H,16,17)/t13-/m1/s1. The molecule has 0 fully saturated rings. The molecule has 93 valence electrons.